The first-order valence-corrected chi connectivity index (χ1v) is 8.70. The summed E-state index contributed by atoms with van der Waals surface area (Å²) in [5.74, 6) is 0.722. The van der Waals surface area contributed by atoms with Crippen LogP contribution in [-0.2, 0) is 0 Å². The largest absolute Gasteiger partial charge is 0.494 e. The molecule has 124 valence electrons. The molecule has 0 saturated carbocycles. The second kappa shape index (κ2) is 7.23. The van der Waals surface area contributed by atoms with Gasteiger partial charge in [0.05, 0.1) is 7.11 Å². The van der Waals surface area contributed by atoms with E-state index in [1.165, 1.54) is 0 Å². The molecule has 3 rings (SSSR count). The summed E-state index contributed by atoms with van der Waals surface area (Å²) in [6.45, 7) is 4.10. The van der Waals surface area contributed by atoms with Crippen molar-refractivity contribution in [2.45, 2.75) is 24.3 Å². The third kappa shape index (κ3) is 3.39. The molecule has 3 aromatic rings. The highest BCUT2D eigenvalue weighted by Gasteiger charge is 2.18. The number of ether oxygens (including phenoxy) is 1. The van der Waals surface area contributed by atoms with Gasteiger partial charge in [-0.1, -0.05) is 47.6 Å². The molecular weight excluding hydrogens is 344 g/mol. The molecule has 0 saturated heterocycles. The van der Waals surface area contributed by atoms with Crippen molar-refractivity contribution in [3.8, 4) is 11.4 Å². The van der Waals surface area contributed by atoms with Gasteiger partial charge in [0.25, 0.3) is 0 Å². The standard InChI is InChI=1S/C17H17ClN4OS/c1-11-8-9-16(23-3)15(10-11)22-17(19-20-21-22)24-12(2)13-6-4-5-7-14(13)18/h4-10,12H,1-3H3/t12-/m1/s1. The number of tetrazole rings is 1. The average molecular weight is 361 g/mol. The molecule has 1 heterocycles. The Morgan fingerprint density at radius 3 is 2.75 bits per heavy atom. The number of aromatic nitrogens is 4. The first kappa shape index (κ1) is 16.8. The molecule has 0 N–H and O–H groups in total. The van der Waals surface area contributed by atoms with Crippen molar-refractivity contribution in [2.24, 2.45) is 0 Å². The van der Waals surface area contributed by atoms with E-state index in [2.05, 4.69) is 22.4 Å². The Bertz CT molecular complexity index is 852. The molecule has 0 radical (unpaired) electrons. The van der Waals surface area contributed by atoms with Crippen molar-refractivity contribution in [3.05, 3.63) is 58.6 Å². The normalized spacial score (nSPS) is 12.2. The lowest BCUT2D eigenvalue weighted by molar-refractivity contribution is 0.410. The number of benzene rings is 2. The van der Waals surface area contributed by atoms with Crippen molar-refractivity contribution in [1.29, 1.82) is 0 Å². The quantitative estimate of drug-likeness (QED) is 0.627. The molecule has 0 aliphatic carbocycles. The fraction of sp³-hybridized carbons (Fsp3) is 0.235. The second-order valence-electron chi connectivity index (χ2n) is 5.33. The van der Waals surface area contributed by atoms with Crippen molar-refractivity contribution >= 4 is 23.4 Å². The Hall–Kier alpha value is -2.05. The monoisotopic (exact) mass is 360 g/mol. The van der Waals surface area contributed by atoms with Crippen LogP contribution in [0.15, 0.2) is 47.6 Å². The molecule has 0 aliphatic heterocycles. The van der Waals surface area contributed by atoms with Gasteiger partial charge in [-0.05, 0) is 53.6 Å². The smallest absolute Gasteiger partial charge is 0.214 e. The molecule has 5 nitrogen and oxygen atoms in total. The molecule has 0 fully saturated rings. The van der Waals surface area contributed by atoms with Crippen LogP contribution >= 0.6 is 23.4 Å². The highest BCUT2D eigenvalue weighted by Crippen LogP contribution is 2.38. The van der Waals surface area contributed by atoms with E-state index < -0.39 is 0 Å². The van der Waals surface area contributed by atoms with E-state index in [9.17, 15) is 0 Å². The summed E-state index contributed by atoms with van der Waals surface area (Å²) in [5, 5.41) is 13.6. The summed E-state index contributed by atoms with van der Waals surface area (Å²) in [5.41, 5.74) is 2.97. The second-order valence-corrected chi connectivity index (χ2v) is 7.05. The Morgan fingerprint density at radius 1 is 1.21 bits per heavy atom. The van der Waals surface area contributed by atoms with Gasteiger partial charge in [0, 0.05) is 10.3 Å². The summed E-state index contributed by atoms with van der Waals surface area (Å²) in [7, 11) is 1.64. The molecule has 0 aliphatic rings. The maximum absolute atomic E-state index is 6.29. The topological polar surface area (TPSA) is 52.8 Å². The van der Waals surface area contributed by atoms with Crippen LogP contribution in [0, 0.1) is 6.92 Å². The number of methoxy groups -OCH3 is 1. The Labute approximate surface area is 150 Å². The third-order valence-corrected chi connectivity index (χ3v) is 5.05. The average Bonchev–Trinajstić information content (AvgIpc) is 3.03. The summed E-state index contributed by atoms with van der Waals surface area (Å²) < 4.78 is 7.14. The minimum absolute atomic E-state index is 0.110. The zero-order valence-electron chi connectivity index (χ0n) is 13.6. The van der Waals surface area contributed by atoms with E-state index in [-0.39, 0.29) is 5.25 Å². The highest BCUT2D eigenvalue weighted by molar-refractivity contribution is 7.99. The molecule has 1 atom stereocenters. The first-order chi connectivity index (χ1) is 11.6. The molecule has 0 bridgehead atoms. The van der Waals surface area contributed by atoms with E-state index in [1.807, 2.05) is 49.4 Å². The predicted octanol–water partition coefficient (Wildman–Crippen LogP) is 4.49. The van der Waals surface area contributed by atoms with Gasteiger partial charge in [-0.15, -0.1) is 5.10 Å². The molecule has 7 heteroatoms. The Kier molecular flexibility index (Phi) is 5.06. The van der Waals surface area contributed by atoms with E-state index in [1.54, 1.807) is 23.6 Å². The lowest BCUT2D eigenvalue weighted by atomic mass is 10.2. The van der Waals surface area contributed by atoms with Gasteiger partial charge in [0.2, 0.25) is 5.16 Å². The zero-order chi connectivity index (χ0) is 17.1. The van der Waals surface area contributed by atoms with Crippen LogP contribution in [0.1, 0.15) is 23.3 Å². The van der Waals surface area contributed by atoms with E-state index in [0.717, 1.165) is 27.6 Å². The molecule has 0 spiro atoms. The van der Waals surface area contributed by atoms with Gasteiger partial charge >= 0.3 is 0 Å². The van der Waals surface area contributed by atoms with Crippen LogP contribution in [0.4, 0.5) is 0 Å². The minimum atomic E-state index is 0.110. The fourth-order valence-electron chi connectivity index (χ4n) is 2.40. The van der Waals surface area contributed by atoms with E-state index >= 15 is 0 Å². The molecule has 0 unspecified atom stereocenters. The maximum atomic E-state index is 6.29. The van der Waals surface area contributed by atoms with Crippen LogP contribution in [0.25, 0.3) is 5.69 Å². The van der Waals surface area contributed by atoms with Gasteiger partial charge in [0.1, 0.15) is 11.4 Å². The lowest BCUT2D eigenvalue weighted by Crippen LogP contribution is -2.03. The minimum Gasteiger partial charge on any atom is -0.494 e. The maximum Gasteiger partial charge on any atom is 0.214 e. The van der Waals surface area contributed by atoms with Crippen LogP contribution in [0.2, 0.25) is 5.02 Å². The summed E-state index contributed by atoms with van der Waals surface area (Å²) in [6, 6.07) is 13.7. The number of thioether (sulfide) groups is 1. The van der Waals surface area contributed by atoms with Gasteiger partial charge in [-0.2, -0.15) is 4.68 Å². The van der Waals surface area contributed by atoms with Crippen molar-refractivity contribution in [3.63, 3.8) is 0 Å². The van der Waals surface area contributed by atoms with Gasteiger partial charge in [0.15, 0.2) is 0 Å². The van der Waals surface area contributed by atoms with Crippen LogP contribution in [0.5, 0.6) is 5.75 Å². The van der Waals surface area contributed by atoms with Crippen molar-refractivity contribution < 1.29 is 4.74 Å². The van der Waals surface area contributed by atoms with E-state index in [0.29, 0.717) is 5.16 Å². The van der Waals surface area contributed by atoms with Crippen LogP contribution in [-0.4, -0.2) is 27.3 Å². The fourth-order valence-corrected chi connectivity index (χ4v) is 3.73. The van der Waals surface area contributed by atoms with Gasteiger partial charge in [-0.3, -0.25) is 0 Å². The number of halogens is 1. The van der Waals surface area contributed by atoms with Crippen LogP contribution in [0.3, 0.4) is 0 Å². The predicted molar refractivity (Wildman–Crippen MR) is 96.2 cm³/mol. The molecule has 0 amide bonds. The SMILES string of the molecule is COc1ccc(C)cc1-n1nnnc1S[C@H](C)c1ccccc1Cl. The third-order valence-electron chi connectivity index (χ3n) is 3.63. The zero-order valence-corrected chi connectivity index (χ0v) is 15.2. The van der Waals surface area contributed by atoms with Crippen LogP contribution < -0.4 is 4.74 Å². The molecule has 1 aromatic heterocycles. The summed E-state index contributed by atoms with van der Waals surface area (Å²) in [6.07, 6.45) is 0. The molecular formula is C17H17ClN4OS. The van der Waals surface area contributed by atoms with Gasteiger partial charge in [-0.25, -0.2) is 0 Å². The summed E-state index contributed by atoms with van der Waals surface area (Å²) >= 11 is 7.84. The number of nitrogens with zero attached hydrogens (tertiary/aromatic N) is 4. The summed E-state index contributed by atoms with van der Waals surface area (Å²) in [4.78, 5) is 0. The number of hydrogen-bond donors (Lipinski definition) is 0. The first-order valence-electron chi connectivity index (χ1n) is 7.44. The molecule has 2 aromatic carbocycles. The lowest BCUT2D eigenvalue weighted by Gasteiger charge is -2.14. The number of rotatable bonds is 5. The van der Waals surface area contributed by atoms with Crippen molar-refractivity contribution in [1.82, 2.24) is 20.2 Å². The Balaban J connectivity index is 1.94. The number of aryl methyl sites for hydroxylation is 1. The van der Waals surface area contributed by atoms with Gasteiger partial charge < -0.3 is 4.74 Å². The van der Waals surface area contributed by atoms with Crippen molar-refractivity contribution in [2.75, 3.05) is 7.11 Å². The molecule has 24 heavy (non-hydrogen) atoms. The Morgan fingerprint density at radius 2 is 2.00 bits per heavy atom. The highest BCUT2D eigenvalue weighted by atomic mass is 35.5. The number of hydrogen-bond acceptors (Lipinski definition) is 5. The van der Waals surface area contributed by atoms with E-state index in [4.69, 9.17) is 16.3 Å².